The van der Waals surface area contributed by atoms with Gasteiger partial charge in [-0.05, 0) is 44.7 Å². The Bertz CT molecular complexity index is 210. The highest BCUT2D eigenvalue weighted by Crippen LogP contribution is 2.27. The van der Waals surface area contributed by atoms with Crippen molar-refractivity contribution in [1.82, 2.24) is 10.2 Å². The maximum absolute atomic E-state index is 8.88. The van der Waals surface area contributed by atoms with Crippen LogP contribution in [0.3, 0.4) is 0 Å². The summed E-state index contributed by atoms with van der Waals surface area (Å²) in [6.07, 6.45) is 6.42. The van der Waals surface area contributed by atoms with Gasteiger partial charge in [0, 0.05) is 25.2 Å². The van der Waals surface area contributed by atoms with Gasteiger partial charge in [-0.3, -0.25) is 4.90 Å². The zero-order valence-electron chi connectivity index (χ0n) is 10.5. The normalized spacial score (nSPS) is 32.6. The molecule has 3 heteroatoms. The van der Waals surface area contributed by atoms with Crippen LogP contribution < -0.4 is 5.32 Å². The molecule has 2 aliphatic heterocycles. The van der Waals surface area contributed by atoms with Gasteiger partial charge in [0.15, 0.2) is 0 Å². The molecule has 2 aliphatic rings. The summed E-state index contributed by atoms with van der Waals surface area (Å²) in [6, 6.07) is 1.51. The van der Waals surface area contributed by atoms with Crippen molar-refractivity contribution in [1.29, 1.82) is 0 Å². The lowest BCUT2D eigenvalue weighted by Crippen LogP contribution is -2.45. The second-order valence-corrected chi connectivity index (χ2v) is 5.52. The maximum atomic E-state index is 8.88. The van der Waals surface area contributed by atoms with E-state index < -0.39 is 0 Å². The smallest absolute Gasteiger partial charge is 0.0434 e. The summed E-state index contributed by atoms with van der Waals surface area (Å²) in [5.41, 5.74) is 0. The first-order chi connectivity index (χ1) is 7.81. The monoisotopic (exact) mass is 226 g/mol. The fraction of sp³-hybridized carbons (Fsp3) is 1.00. The third-order valence-corrected chi connectivity index (χ3v) is 4.21. The van der Waals surface area contributed by atoms with Crippen LogP contribution in [0, 0.1) is 5.92 Å². The number of rotatable bonds is 5. The van der Waals surface area contributed by atoms with Crippen LogP contribution in [-0.4, -0.2) is 48.3 Å². The lowest BCUT2D eigenvalue weighted by molar-refractivity contribution is 0.177. The van der Waals surface area contributed by atoms with Crippen LogP contribution in [0.2, 0.25) is 0 Å². The standard InChI is InChI=1S/C13H26N2O/c1-11(6-9-16)10-14-12-5-8-15-7-3-2-4-13(12)15/h11-14,16H,2-10H2,1H3. The van der Waals surface area contributed by atoms with Gasteiger partial charge in [-0.15, -0.1) is 0 Å². The molecule has 3 atom stereocenters. The summed E-state index contributed by atoms with van der Waals surface area (Å²) in [7, 11) is 0. The summed E-state index contributed by atoms with van der Waals surface area (Å²) >= 11 is 0. The van der Waals surface area contributed by atoms with E-state index in [4.69, 9.17) is 5.11 Å². The lowest BCUT2D eigenvalue weighted by atomic mass is 9.98. The average molecular weight is 226 g/mol. The molecule has 0 aromatic rings. The van der Waals surface area contributed by atoms with Crippen LogP contribution in [0.15, 0.2) is 0 Å². The summed E-state index contributed by atoms with van der Waals surface area (Å²) in [6.45, 7) is 6.21. The molecule has 2 N–H and O–H groups in total. The third-order valence-electron chi connectivity index (χ3n) is 4.21. The largest absolute Gasteiger partial charge is 0.396 e. The quantitative estimate of drug-likeness (QED) is 0.740. The number of piperidine rings is 1. The summed E-state index contributed by atoms with van der Waals surface area (Å²) in [4.78, 5) is 2.66. The molecule has 94 valence electrons. The molecule has 0 saturated carbocycles. The zero-order chi connectivity index (χ0) is 11.4. The van der Waals surface area contributed by atoms with Gasteiger partial charge in [-0.25, -0.2) is 0 Å². The van der Waals surface area contributed by atoms with Crippen molar-refractivity contribution < 1.29 is 5.11 Å². The van der Waals surface area contributed by atoms with Gasteiger partial charge >= 0.3 is 0 Å². The second kappa shape index (κ2) is 5.99. The maximum Gasteiger partial charge on any atom is 0.0434 e. The van der Waals surface area contributed by atoms with Crippen molar-refractivity contribution in [2.45, 2.75) is 51.1 Å². The molecule has 3 unspecified atom stereocenters. The van der Waals surface area contributed by atoms with Crippen molar-refractivity contribution >= 4 is 0 Å². The van der Waals surface area contributed by atoms with Gasteiger partial charge in [0.2, 0.25) is 0 Å². The van der Waals surface area contributed by atoms with Crippen LogP contribution in [0.4, 0.5) is 0 Å². The number of nitrogens with one attached hydrogen (secondary N) is 1. The van der Waals surface area contributed by atoms with Gasteiger partial charge in [-0.1, -0.05) is 13.3 Å². The Morgan fingerprint density at radius 3 is 3.00 bits per heavy atom. The fourth-order valence-corrected chi connectivity index (χ4v) is 3.16. The minimum absolute atomic E-state index is 0.322. The Morgan fingerprint density at radius 1 is 1.31 bits per heavy atom. The molecule has 2 fully saturated rings. The summed E-state index contributed by atoms with van der Waals surface area (Å²) in [5, 5.41) is 12.6. The zero-order valence-corrected chi connectivity index (χ0v) is 10.5. The van der Waals surface area contributed by atoms with Crippen LogP contribution in [0.25, 0.3) is 0 Å². The van der Waals surface area contributed by atoms with Gasteiger partial charge < -0.3 is 10.4 Å². The fourth-order valence-electron chi connectivity index (χ4n) is 3.16. The van der Waals surface area contributed by atoms with Crippen molar-refractivity contribution in [3.05, 3.63) is 0 Å². The molecular formula is C13H26N2O. The first-order valence-corrected chi connectivity index (χ1v) is 6.89. The SMILES string of the molecule is CC(CCO)CNC1CCN2CCCCC12. The highest BCUT2D eigenvalue weighted by atomic mass is 16.3. The minimum Gasteiger partial charge on any atom is -0.396 e. The van der Waals surface area contributed by atoms with E-state index in [1.54, 1.807) is 0 Å². The Hall–Kier alpha value is -0.120. The van der Waals surface area contributed by atoms with Crippen molar-refractivity contribution in [2.24, 2.45) is 5.92 Å². The van der Waals surface area contributed by atoms with Crippen molar-refractivity contribution in [3.63, 3.8) is 0 Å². The number of nitrogens with zero attached hydrogens (tertiary/aromatic N) is 1. The van der Waals surface area contributed by atoms with Gasteiger partial charge in [0.1, 0.15) is 0 Å². The average Bonchev–Trinajstić information content (AvgIpc) is 2.70. The van der Waals surface area contributed by atoms with Crippen LogP contribution in [-0.2, 0) is 0 Å². The molecule has 0 radical (unpaired) electrons. The molecule has 0 bridgehead atoms. The minimum atomic E-state index is 0.322. The Labute approximate surface area is 99.2 Å². The summed E-state index contributed by atoms with van der Waals surface area (Å²) in [5.74, 6) is 0.600. The molecule has 3 nitrogen and oxygen atoms in total. The van der Waals surface area contributed by atoms with Crippen molar-refractivity contribution in [3.8, 4) is 0 Å². The molecular weight excluding hydrogens is 200 g/mol. The molecule has 0 aliphatic carbocycles. The van der Waals surface area contributed by atoms with Gasteiger partial charge in [-0.2, -0.15) is 0 Å². The highest BCUT2D eigenvalue weighted by molar-refractivity contribution is 4.93. The lowest BCUT2D eigenvalue weighted by Gasteiger charge is -2.33. The highest BCUT2D eigenvalue weighted by Gasteiger charge is 2.34. The predicted molar refractivity (Wildman–Crippen MR) is 66.5 cm³/mol. The third kappa shape index (κ3) is 2.96. The summed E-state index contributed by atoms with van der Waals surface area (Å²) < 4.78 is 0. The van der Waals surface area contributed by atoms with Gasteiger partial charge in [0.05, 0.1) is 0 Å². The topological polar surface area (TPSA) is 35.5 Å². The van der Waals surface area contributed by atoms with E-state index in [-0.39, 0.29) is 0 Å². The van der Waals surface area contributed by atoms with Crippen LogP contribution in [0.5, 0.6) is 0 Å². The van der Waals surface area contributed by atoms with E-state index in [0.29, 0.717) is 18.6 Å². The first kappa shape index (κ1) is 12.3. The van der Waals surface area contributed by atoms with E-state index in [1.807, 2.05) is 0 Å². The second-order valence-electron chi connectivity index (χ2n) is 5.52. The molecule has 16 heavy (non-hydrogen) atoms. The number of hydrogen-bond donors (Lipinski definition) is 2. The molecule has 2 rings (SSSR count). The van der Waals surface area contributed by atoms with E-state index in [1.165, 1.54) is 38.8 Å². The van der Waals surface area contributed by atoms with Crippen molar-refractivity contribution in [2.75, 3.05) is 26.2 Å². The molecule has 0 aromatic carbocycles. The Kier molecular flexibility index (Phi) is 4.62. The van der Waals surface area contributed by atoms with Crippen LogP contribution in [0.1, 0.15) is 39.0 Å². The van der Waals surface area contributed by atoms with E-state index in [9.17, 15) is 0 Å². The Balaban J connectivity index is 1.73. The number of aliphatic hydroxyl groups excluding tert-OH is 1. The molecule has 0 aromatic heterocycles. The number of aliphatic hydroxyl groups is 1. The number of fused-ring (bicyclic) bond motifs is 1. The van der Waals surface area contributed by atoms with E-state index in [2.05, 4.69) is 17.1 Å². The van der Waals surface area contributed by atoms with Gasteiger partial charge in [0.25, 0.3) is 0 Å². The predicted octanol–water partition coefficient (Wildman–Crippen LogP) is 1.22. The Morgan fingerprint density at radius 2 is 2.19 bits per heavy atom. The number of hydrogen-bond acceptors (Lipinski definition) is 3. The molecule has 2 saturated heterocycles. The molecule has 0 amide bonds. The molecule has 0 spiro atoms. The van der Waals surface area contributed by atoms with E-state index in [0.717, 1.165) is 19.0 Å². The first-order valence-electron chi connectivity index (χ1n) is 6.89. The molecule has 2 heterocycles. The van der Waals surface area contributed by atoms with Crippen LogP contribution >= 0.6 is 0 Å². The van der Waals surface area contributed by atoms with E-state index >= 15 is 0 Å².